The van der Waals surface area contributed by atoms with Crippen LogP contribution in [0.3, 0.4) is 0 Å². The molecule has 6 nitrogen and oxygen atoms in total. The van der Waals surface area contributed by atoms with E-state index < -0.39 is 21.6 Å². The van der Waals surface area contributed by atoms with E-state index in [-0.39, 0.29) is 12.2 Å². The average Bonchev–Trinajstić information content (AvgIpc) is 2.45. The Bertz CT molecular complexity index is 449. The number of rotatable bonds is 5. The molecule has 1 heterocycles. The number of hydrogen-bond donors (Lipinski definition) is 1. The van der Waals surface area contributed by atoms with Crippen LogP contribution in [0.5, 0.6) is 0 Å². The van der Waals surface area contributed by atoms with E-state index in [1.54, 1.807) is 24.0 Å². The summed E-state index contributed by atoms with van der Waals surface area (Å²) in [5.41, 5.74) is 0. The molecule has 1 N–H and O–H groups in total. The first-order chi connectivity index (χ1) is 6.91. The van der Waals surface area contributed by atoms with E-state index in [0.717, 1.165) is 0 Å². The number of carbonyl (C=O) groups is 1. The van der Waals surface area contributed by atoms with Gasteiger partial charge in [-0.05, 0) is 0 Å². The minimum atomic E-state index is -3.53. The third kappa shape index (κ3) is 3.70. The fourth-order valence-corrected chi connectivity index (χ4v) is 2.16. The van der Waals surface area contributed by atoms with Gasteiger partial charge >= 0.3 is 5.97 Å². The van der Waals surface area contributed by atoms with Crippen molar-refractivity contribution in [2.45, 2.75) is 6.42 Å². The molecule has 15 heavy (non-hydrogen) atoms. The van der Waals surface area contributed by atoms with E-state index in [4.69, 9.17) is 5.11 Å². The maximum absolute atomic E-state index is 11.2. The number of sulfone groups is 1. The third-order valence-corrected chi connectivity index (χ3v) is 3.41. The Labute approximate surface area is 87.5 Å². The molecule has 1 aromatic rings. The molecule has 84 valence electrons. The molecular weight excluding hydrogens is 220 g/mol. The van der Waals surface area contributed by atoms with Crippen LogP contribution in [0.25, 0.3) is 0 Å². The Kier molecular flexibility index (Phi) is 3.46. The van der Waals surface area contributed by atoms with Crippen LogP contribution in [0, 0.1) is 0 Å². The first-order valence-corrected chi connectivity index (χ1v) is 6.11. The van der Waals surface area contributed by atoms with Crippen molar-refractivity contribution < 1.29 is 18.3 Å². The lowest BCUT2D eigenvalue weighted by Crippen LogP contribution is -2.20. The molecule has 0 saturated heterocycles. The molecule has 0 aromatic carbocycles. The van der Waals surface area contributed by atoms with Gasteiger partial charge in [-0.2, -0.15) is 0 Å². The topological polar surface area (TPSA) is 89.3 Å². The third-order valence-electron chi connectivity index (χ3n) is 1.90. The van der Waals surface area contributed by atoms with Gasteiger partial charge in [0.15, 0.2) is 9.84 Å². The molecule has 0 aliphatic heterocycles. The number of hydrogen-bond acceptors (Lipinski definition) is 4. The van der Waals surface area contributed by atoms with Gasteiger partial charge in [0, 0.05) is 25.9 Å². The molecule has 0 bridgehead atoms. The zero-order valence-corrected chi connectivity index (χ0v) is 9.07. The normalized spacial score (nSPS) is 11.5. The second-order valence-corrected chi connectivity index (χ2v) is 5.37. The van der Waals surface area contributed by atoms with Crippen molar-refractivity contribution in [1.29, 1.82) is 0 Å². The number of nitrogens with zero attached hydrogens (tertiary/aromatic N) is 2. The number of imidazole rings is 1. The predicted octanol–water partition coefficient (Wildman–Crippen LogP) is -0.538. The molecule has 0 spiro atoms. The maximum atomic E-state index is 11.2. The van der Waals surface area contributed by atoms with Crippen molar-refractivity contribution in [3.8, 4) is 0 Å². The van der Waals surface area contributed by atoms with Crippen molar-refractivity contribution in [1.82, 2.24) is 9.55 Å². The predicted molar refractivity (Wildman–Crippen MR) is 53.2 cm³/mol. The molecule has 1 rings (SSSR count). The van der Waals surface area contributed by atoms with Crippen LogP contribution in [0.4, 0.5) is 0 Å². The van der Waals surface area contributed by atoms with Crippen molar-refractivity contribution in [2.24, 2.45) is 7.05 Å². The lowest BCUT2D eigenvalue weighted by Gasteiger charge is -2.01. The van der Waals surface area contributed by atoms with Crippen LogP contribution in [0.2, 0.25) is 0 Å². The molecule has 0 fully saturated rings. The van der Waals surface area contributed by atoms with Gasteiger partial charge in [-0.3, -0.25) is 4.79 Å². The highest BCUT2D eigenvalue weighted by Crippen LogP contribution is 1.99. The lowest BCUT2D eigenvalue weighted by atomic mass is 10.4. The SMILES string of the molecule is Cn1ccnc1CCS(=O)(=O)CC(=O)O. The molecule has 0 saturated carbocycles. The van der Waals surface area contributed by atoms with Crippen LogP contribution in [0.15, 0.2) is 12.4 Å². The fraction of sp³-hybridized carbons (Fsp3) is 0.500. The summed E-state index contributed by atoms with van der Waals surface area (Å²) in [7, 11) is -1.77. The van der Waals surface area contributed by atoms with Gasteiger partial charge in [0.05, 0.1) is 5.75 Å². The number of carboxylic acids is 1. The van der Waals surface area contributed by atoms with E-state index >= 15 is 0 Å². The van der Waals surface area contributed by atoms with E-state index in [9.17, 15) is 13.2 Å². The first-order valence-electron chi connectivity index (χ1n) is 4.29. The Morgan fingerprint density at radius 3 is 2.73 bits per heavy atom. The monoisotopic (exact) mass is 232 g/mol. The summed E-state index contributed by atoms with van der Waals surface area (Å²) in [6, 6.07) is 0. The zero-order valence-electron chi connectivity index (χ0n) is 8.25. The number of carboxylic acid groups (broad SMARTS) is 1. The second kappa shape index (κ2) is 4.43. The minimum Gasteiger partial charge on any atom is -0.480 e. The summed E-state index contributed by atoms with van der Waals surface area (Å²) in [4.78, 5) is 14.2. The summed E-state index contributed by atoms with van der Waals surface area (Å²) < 4.78 is 24.2. The first kappa shape index (κ1) is 11.7. The van der Waals surface area contributed by atoms with Gasteiger partial charge in [-0.25, -0.2) is 13.4 Å². The largest absolute Gasteiger partial charge is 0.480 e. The molecule has 0 amide bonds. The van der Waals surface area contributed by atoms with E-state index in [1.807, 2.05) is 0 Å². The van der Waals surface area contributed by atoms with Gasteiger partial charge in [-0.15, -0.1) is 0 Å². The highest BCUT2D eigenvalue weighted by Gasteiger charge is 2.16. The van der Waals surface area contributed by atoms with Gasteiger partial charge in [0.2, 0.25) is 0 Å². The summed E-state index contributed by atoms with van der Waals surface area (Å²) in [6.45, 7) is 0. The van der Waals surface area contributed by atoms with Crippen LogP contribution in [-0.2, 0) is 28.1 Å². The van der Waals surface area contributed by atoms with Crippen molar-refractivity contribution in [3.63, 3.8) is 0 Å². The van der Waals surface area contributed by atoms with Crippen molar-refractivity contribution in [3.05, 3.63) is 18.2 Å². The number of aliphatic carboxylic acids is 1. The van der Waals surface area contributed by atoms with Crippen LogP contribution < -0.4 is 0 Å². The molecule has 7 heteroatoms. The number of aromatic nitrogens is 2. The molecule has 0 aliphatic carbocycles. The zero-order chi connectivity index (χ0) is 11.5. The highest BCUT2D eigenvalue weighted by molar-refractivity contribution is 7.92. The van der Waals surface area contributed by atoms with Gasteiger partial charge in [0.1, 0.15) is 11.6 Å². The maximum Gasteiger partial charge on any atom is 0.318 e. The summed E-state index contributed by atoms with van der Waals surface area (Å²) >= 11 is 0. The Morgan fingerprint density at radius 1 is 1.60 bits per heavy atom. The molecule has 1 aromatic heterocycles. The Morgan fingerprint density at radius 2 is 2.27 bits per heavy atom. The van der Waals surface area contributed by atoms with Gasteiger partial charge < -0.3 is 9.67 Å². The van der Waals surface area contributed by atoms with Crippen LogP contribution >= 0.6 is 0 Å². The molecule has 0 unspecified atom stereocenters. The lowest BCUT2D eigenvalue weighted by molar-refractivity contribution is -0.134. The quantitative estimate of drug-likeness (QED) is 0.736. The molecular formula is C8H12N2O4S. The second-order valence-electron chi connectivity index (χ2n) is 3.19. The van der Waals surface area contributed by atoms with Crippen LogP contribution in [-0.4, -0.2) is 40.6 Å². The standard InChI is InChI=1S/C8H12N2O4S/c1-10-4-3-9-7(10)2-5-15(13,14)6-8(11)12/h3-4H,2,5-6H2,1H3,(H,11,12). The summed E-state index contributed by atoms with van der Waals surface area (Å²) in [5, 5.41) is 8.36. The van der Waals surface area contributed by atoms with Crippen LogP contribution in [0.1, 0.15) is 5.82 Å². The summed E-state index contributed by atoms with van der Waals surface area (Å²) in [6.07, 6.45) is 3.51. The van der Waals surface area contributed by atoms with Gasteiger partial charge in [-0.1, -0.05) is 0 Å². The van der Waals surface area contributed by atoms with E-state index in [2.05, 4.69) is 4.98 Å². The minimum absolute atomic E-state index is 0.190. The fourth-order valence-electron chi connectivity index (χ4n) is 1.14. The van der Waals surface area contributed by atoms with E-state index in [0.29, 0.717) is 5.82 Å². The molecule has 0 radical (unpaired) electrons. The average molecular weight is 232 g/mol. The van der Waals surface area contributed by atoms with Crippen molar-refractivity contribution >= 4 is 15.8 Å². The number of aryl methyl sites for hydroxylation is 2. The van der Waals surface area contributed by atoms with E-state index in [1.165, 1.54) is 0 Å². The summed E-state index contributed by atoms with van der Waals surface area (Å²) in [5.74, 6) is -1.71. The van der Waals surface area contributed by atoms with Crippen molar-refractivity contribution in [2.75, 3.05) is 11.5 Å². The Hall–Kier alpha value is -1.37. The Balaban J connectivity index is 2.58. The van der Waals surface area contributed by atoms with Gasteiger partial charge in [0.25, 0.3) is 0 Å². The molecule has 0 aliphatic rings. The smallest absolute Gasteiger partial charge is 0.318 e. The highest BCUT2D eigenvalue weighted by atomic mass is 32.2. The molecule has 0 atom stereocenters.